The summed E-state index contributed by atoms with van der Waals surface area (Å²) in [5.74, 6) is -2.53. The van der Waals surface area contributed by atoms with Gasteiger partial charge in [0.05, 0.1) is 35.5 Å². The highest BCUT2D eigenvalue weighted by Gasteiger charge is 2.67. The van der Waals surface area contributed by atoms with Crippen LogP contribution in [0.15, 0.2) is 66.2 Å². The Bertz CT molecular complexity index is 1390. The average molecular weight is 543 g/mol. The summed E-state index contributed by atoms with van der Waals surface area (Å²) < 4.78 is 5.56. The number of carbonyl (C=O) groups excluding carboxylic acids is 4. The van der Waals surface area contributed by atoms with E-state index in [-0.39, 0.29) is 42.8 Å². The third-order valence-electron chi connectivity index (χ3n) is 9.40. The monoisotopic (exact) mass is 542 g/mol. The smallest absolute Gasteiger partial charge is 0.241 e. The van der Waals surface area contributed by atoms with Crippen molar-refractivity contribution in [3.05, 3.63) is 71.8 Å². The first-order valence-electron chi connectivity index (χ1n) is 14.1. The molecule has 2 saturated heterocycles. The number of nitrogens with zero attached hydrogens (tertiary/aromatic N) is 2. The molecule has 4 aliphatic rings. The SMILES string of the molecule is CCCN1C(=O)C2CC=C3C(CC4C(=O)N(c5ccccc5)C(=O)C4(C)C3c3ccc(OCCO)cc3)C2C1=O. The molecule has 0 aromatic heterocycles. The quantitative estimate of drug-likeness (QED) is 0.423. The molecule has 2 aromatic rings. The number of hydrogen-bond acceptors (Lipinski definition) is 6. The number of ether oxygens (including phenoxy) is 1. The largest absolute Gasteiger partial charge is 0.491 e. The zero-order valence-electron chi connectivity index (χ0n) is 22.8. The van der Waals surface area contributed by atoms with Gasteiger partial charge in [0.2, 0.25) is 23.6 Å². The van der Waals surface area contributed by atoms with Crippen LogP contribution in [0.2, 0.25) is 0 Å². The second-order valence-electron chi connectivity index (χ2n) is 11.5. The van der Waals surface area contributed by atoms with Crippen molar-refractivity contribution in [3.8, 4) is 5.75 Å². The topological polar surface area (TPSA) is 104 Å². The van der Waals surface area contributed by atoms with Crippen molar-refractivity contribution < 1.29 is 29.0 Å². The normalized spacial score (nSPS) is 31.2. The Labute approximate surface area is 233 Å². The molecule has 2 aromatic carbocycles. The predicted molar refractivity (Wildman–Crippen MR) is 147 cm³/mol. The van der Waals surface area contributed by atoms with Crippen molar-refractivity contribution in [3.63, 3.8) is 0 Å². The van der Waals surface area contributed by atoms with E-state index in [1.807, 2.05) is 44.2 Å². The number of rotatable bonds is 7. The lowest BCUT2D eigenvalue weighted by Crippen LogP contribution is -2.48. The molecule has 208 valence electrons. The number of amides is 4. The summed E-state index contributed by atoms with van der Waals surface area (Å²) in [4.78, 5) is 58.0. The lowest BCUT2D eigenvalue weighted by molar-refractivity contribution is -0.140. The Morgan fingerprint density at radius 1 is 0.950 bits per heavy atom. The Kier molecular flexibility index (Phi) is 6.61. The number of anilines is 1. The van der Waals surface area contributed by atoms with Gasteiger partial charge in [0.25, 0.3) is 0 Å². The molecule has 40 heavy (non-hydrogen) atoms. The number of hydrogen-bond donors (Lipinski definition) is 1. The van der Waals surface area contributed by atoms with E-state index in [4.69, 9.17) is 9.84 Å². The summed E-state index contributed by atoms with van der Waals surface area (Å²) in [5, 5.41) is 9.13. The fourth-order valence-corrected chi connectivity index (χ4v) is 7.65. The molecule has 1 saturated carbocycles. The first kappa shape index (κ1) is 26.4. The number of benzene rings is 2. The van der Waals surface area contributed by atoms with Gasteiger partial charge < -0.3 is 9.84 Å². The first-order valence-corrected chi connectivity index (χ1v) is 14.1. The van der Waals surface area contributed by atoms with Crippen LogP contribution < -0.4 is 9.64 Å². The van der Waals surface area contributed by atoms with E-state index in [2.05, 4.69) is 6.08 Å². The number of likely N-dealkylation sites (tertiary alicyclic amines) is 1. The maximum Gasteiger partial charge on any atom is 0.241 e. The van der Waals surface area contributed by atoms with Crippen LogP contribution in [-0.4, -0.2) is 53.4 Å². The fraction of sp³-hybridized carbons (Fsp3) is 0.438. The number of carbonyl (C=O) groups is 4. The molecule has 4 amide bonds. The third-order valence-corrected chi connectivity index (χ3v) is 9.40. The molecule has 8 nitrogen and oxygen atoms in total. The predicted octanol–water partition coefficient (Wildman–Crippen LogP) is 3.70. The van der Waals surface area contributed by atoms with Gasteiger partial charge >= 0.3 is 0 Å². The van der Waals surface area contributed by atoms with Gasteiger partial charge in [-0.2, -0.15) is 0 Å². The molecule has 2 aliphatic carbocycles. The van der Waals surface area contributed by atoms with Gasteiger partial charge in [0.15, 0.2) is 0 Å². The summed E-state index contributed by atoms with van der Waals surface area (Å²) in [5.41, 5.74) is 1.30. The van der Waals surface area contributed by atoms with Crippen molar-refractivity contribution in [2.24, 2.45) is 29.1 Å². The summed E-state index contributed by atoms with van der Waals surface area (Å²) >= 11 is 0. The Morgan fingerprint density at radius 3 is 2.35 bits per heavy atom. The number of aliphatic hydroxyl groups excluding tert-OH is 1. The van der Waals surface area contributed by atoms with E-state index < -0.39 is 29.1 Å². The first-order chi connectivity index (χ1) is 19.3. The summed E-state index contributed by atoms with van der Waals surface area (Å²) in [6.07, 6.45) is 3.55. The second-order valence-corrected chi connectivity index (χ2v) is 11.5. The highest BCUT2D eigenvalue weighted by Crippen LogP contribution is 2.63. The minimum absolute atomic E-state index is 0.102. The van der Waals surface area contributed by atoms with Crippen LogP contribution in [0.3, 0.4) is 0 Å². The molecule has 6 atom stereocenters. The summed E-state index contributed by atoms with van der Waals surface area (Å²) in [6.45, 7) is 4.29. The van der Waals surface area contributed by atoms with E-state index in [0.717, 1.165) is 11.1 Å². The fourth-order valence-electron chi connectivity index (χ4n) is 7.65. The van der Waals surface area contributed by atoms with Gasteiger partial charge in [-0.15, -0.1) is 0 Å². The van der Waals surface area contributed by atoms with E-state index in [1.165, 1.54) is 9.80 Å². The maximum atomic E-state index is 14.3. The number of para-hydroxylation sites is 1. The van der Waals surface area contributed by atoms with Gasteiger partial charge in [-0.1, -0.05) is 48.9 Å². The lowest BCUT2D eigenvalue weighted by Gasteiger charge is -2.49. The summed E-state index contributed by atoms with van der Waals surface area (Å²) in [6, 6.07) is 16.4. The van der Waals surface area contributed by atoms with E-state index in [9.17, 15) is 19.2 Å². The van der Waals surface area contributed by atoms with E-state index in [0.29, 0.717) is 37.2 Å². The van der Waals surface area contributed by atoms with Crippen LogP contribution in [0.4, 0.5) is 5.69 Å². The number of fused-ring (bicyclic) bond motifs is 4. The van der Waals surface area contributed by atoms with Crippen LogP contribution in [0.1, 0.15) is 44.6 Å². The van der Waals surface area contributed by atoms with Gasteiger partial charge in [-0.25, -0.2) is 4.90 Å². The molecule has 6 unspecified atom stereocenters. The zero-order chi connectivity index (χ0) is 28.2. The number of imide groups is 2. The van der Waals surface area contributed by atoms with Crippen LogP contribution >= 0.6 is 0 Å². The standard InChI is InChI=1S/C32H34N2O6/c1-3-15-33-28(36)23-14-13-22-24(26(23)30(33)38)18-25-29(37)34(20-7-5-4-6-8-20)31(39)32(25,2)27(22)19-9-11-21(12-10-19)40-17-16-35/h4-13,23-27,35H,3,14-18H2,1-2H3. The van der Waals surface area contributed by atoms with E-state index >= 15 is 0 Å². The van der Waals surface area contributed by atoms with Gasteiger partial charge in [0, 0.05) is 12.5 Å². The van der Waals surface area contributed by atoms with Crippen molar-refractivity contribution in [2.45, 2.75) is 39.0 Å². The second kappa shape index (κ2) is 10.0. The lowest BCUT2D eigenvalue weighted by atomic mass is 9.51. The average Bonchev–Trinajstić information content (AvgIpc) is 3.32. The van der Waals surface area contributed by atoms with Gasteiger partial charge in [-0.3, -0.25) is 24.1 Å². The Hall–Kier alpha value is -3.78. The Morgan fingerprint density at radius 2 is 1.68 bits per heavy atom. The van der Waals surface area contributed by atoms with Crippen molar-refractivity contribution >= 4 is 29.3 Å². The molecule has 0 bridgehead atoms. The highest BCUT2D eigenvalue weighted by atomic mass is 16.5. The molecule has 0 spiro atoms. The Balaban J connectivity index is 1.47. The molecule has 8 heteroatoms. The van der Waals surface area contributed by atoms with Crippen LogP contribution in [0.5, 0.6) is 5.75 Å². The molecule has 0 radical (unpaired) electrons. The van der Waals surface area contributed by atoms with Crippen molar-refractivity contribution in [1.82, 2.24) is 4.90 Å². The molecular formula is C32H34N2O6. The van der Waals surface area contributed by atoms with Crippen LogP contribution in [-0.2, 0) is 19.2 Å². The number of aliphatic hydroxyl groups is 1. The zero-order valence-corrected chi connectivity index (χ0v) is 22.8. The van der Waals surface area contributed by atoms with Gasteiger partial charge in [-0.05, 0) is 61.9 Å². The molecule has 1 N–H and O–H groups in total. The number of allylic oxidation sites excluding steroid dienone is 2. The minimum atomic E-state index is -1.07. The van der Waals surface area contributed by atoms with Gasteiger partial charge in [0.1, 0.15) is 12.4 Å². The van der Waals surface area contributed by atoms with Crippen LogP contribution in [0.25, 0.3) is 0 Å². The third kappa shape index (κ3) is 3.76. The van der Waals surface area contributed by atoms with Crippen molar-refractivity contribution in [1.29, 1.82) is 0 Å². The summed E-state index contributed by atoms with van der Waals surface area (Å²) in [7, 11) is 0. The maximum absolute atomic E-state index is 14.3. The molecule has 2 heterocycles. The van der Waals surface area contributed by atoms with Crippen LogP contribution in [0, 0.1) is 29.1 Å². The molecule has 3 fully saturated rings. The van der Waals surface area contributed by atoms with E-state index in [1.54, 1.807) is 24.3 Å². The van der Waals surface area contributed by atoms with Crippen molar-refractivity contribution in [2.75, 3.05) is 24.7 Å². The minimum Gasteiger partial charge on any atom is -0.491 e. The molecule has 2 aliphatic heterocycles. The molecular weight excluding hydrogens is 508 g/mol. The molecule has 6 rings (SSSR count). The highest BCUT2D eigenvalue weighted by molar-refractivity contribution is 6.24.